The van der Waals surface area contributed by atoms with Crippen LogP contribution in [-0.2, 0) is 0 Å². The number of hydrogen-bond acceptors (Lipinski definition) is 3. The number of rotatable bonds is 3. The average Bonchev–Trinajstić information content (AvgIpc) is 2.32. The Hall–Kier alpha value is -0.300. The maximum Gasteiger partial charge on any atom is 0.200 e. The molecule has 0 atom stereocenters. The van der Waals surface area contributed by atoms with Gasteiger partial charge >= 0.3 is 0 Å². The third kappa shape index (κ3) is 2.91. The van der Waals surface area contributed by atoms with Gasteiger partial charge in [-0.2, -0.15) is 0 Å². The van der Waals surface area contributed by atoms with Gasteiger partial charge in [0.15, 0.2) is 0 Å². The van der Waals surface area contributed by atoms with Gasteiger partial charge in [0, 0.05) is 18.6 Å². The van der Waals surface area contributed by atoms with Gasteiger partial charge in [-0.05, 0) is 60.9 Å². The molecule has 2 rings (SSSR count). The molecule has 0 unspecified atom stereocenters. The predicted molar refractivity (Wildman–Crippen MR) is 86.2 cm³/mol. The SMILES string of the molecule is CCP(CC)N1C2=NC(C)(C)CCN2CCC1(C)C. The minimum Gasteiger partial charge on any atom is -0.342 e. The number of nitrogens with zero attached hydrogens (tertiary/aromatic N) is 3. The van der Waals surface area contributed by atoms with Crippen LogP contribution in [0.1, 0.15) is 54.4 Å². The van der Waals surface area contributed by atoms with Crippen LogP contribution in [0.15, 0.2) is 4.99 Å². The lowest BCUT2D eigenvalue weighted by atomic mass is 9.94. The first-order chi connectivity index (χ1) is 8.80. The molecule has 2 heterocycles. The third-order valence-electron chi connectivity index (χ3n) is 4.45. The van der Waals surface area contributed by atoms with Crippen LogP contribution in [-0.4, -0.2) is 52.0 Å². The van der Waals surface area contributed by atoms with E-state index in [1.54, 1.807) is 0 Å². The van der Waals surface area contributed by atoms with E-state index in [-0.39, 0.29) is 19.2 Å². The molecule has 19 heavy (non-hydrogen) atoms. The Labute approximate surface area is 120 Å². The van der Waals surface area contributed by atoms with Gasteiger partial charge < -0.3 is 9.57 Å². The van der Waals surface area contributed by atoms with E-state index >= 15 is 0 Å². The van der Waals surface area contributed by atoms with E-state index in [1.807, 2.05) is 0 Å². The van der Waals surface area contributed by atoms with Crippen molar-refractivity contribution in [3.05, 3.63) is 0 Å². The van der Waals surface area contributed by atoms with Gasteiger partial charge in [0.25, 0.3) is 0 Å². The highest BCUT2D eigenvalue weighted by Gasteiger charge is 2.43. The van der Waals surface area contributed by atoms with E-state index in [4.69, 9.17) is 4.99 Å². The van der Waals surface area contributed by atoms with Crippen molar-refractivity contribution in [3.63, 3.8) is 0 Å². The molecular weight excluding hydrogens is 253 g/mol. The quantitative estimate of drug-likeness (QED) is 0.735. The molecule has 110 valence electrons. The Kier molecular flexibility index (Phi) is 4.16. The van der Waals surface area contributed by atoms with Gasteiger partial charge in [0.1, 0.15) is 0 Å². The summed E-state index contributed by atoms with van der Waals surface area (Å²) in [5.41, 5.74) is 0.375. The van der Waals surface area contributed by atoms with E-state index < -0.39 is 0 Å². The molecule has 0 aromatic heterocycles. The van der Waals surface area contributed by atoms with Crippen molar-refractivity contribution in [3.8, 4) is 0 Å². The second-order valence-electron chi connectivity index (χ2n) is 6.97. The summed E-state index contributed by atoms with van der Waals surface area (Å²) in [5.74, 6) is 1.29. The first-order valence-corrected chi connectivity index (χ1v) is 9.37. The minimum atomic E-state index is -0.0865. The van der Waals surface area contributed by atoms with Gasteiger partial charge in [-0.15, -0.1) is 0 Å². The first kappa shape index (κ1) is 15.1. The van der Waals surface area contributed by atoms with Gasteiger partial charge in [-0.25, -0.2) is 4.99 Å². The van der Waals surface area contributed by atoms with Crippen molar-refractivity contribution in [2.24, 2.45) is 4.99 Å². The van der Waals surface area contributed by atoms with E-state index in [1.165, 1.54) is 44.2 Å². The molecule has 3 nitrogen and oxygen atoms in total. The molecule has 0 spiro atoms. The van der Waals surface area contributed by atoms with Crippen LogP contribution in [0, 0.1) is 0 Å². The zero-order valence-electron chi connectivity index (χ0n) is 13.5. The number of fused-ring (bicyclic) bond motifs is 1. The summed E-state index contributed by atoms with van der Waals surface area (Å²) in [6.07, 6.45) is 4.97. The fourth-order valence-electron chi connectivity index (χ4n) is 3.10. The van der Waals surface area contributed by atoms with E-state index in [0.29, 0.717) is 0 Å². The van der Waals surface area contributed by atoms with E-state index in [9.17, 15) is 0 Å². The maximum absolute atomic E-state index is 5.11. The van der Waals surface area contributed by atoms with E-state index in [0.717, 1.165) is 0 Å². The zero-order valence-corrected chi connectivity index (χ0v) is 14.4. The Balaban J connectivity index is 2.40. The molecule has 2 aliphatic rings. The molecule has 0 aromatic rings. The lowest BCUT2D eigenvalue weighted by molar-refractivity contribution is 0.173. The van der Waals surface area contributed by atoms with Crippen molar-refractivity contribution >= 4 is 14.0 Å². The van der Waals surface area contributed by atoms with Crippen LogP contribution in [0.2, 0.25) is 0 Å². The molecule has 4 heteroatoms. The molecule has 0 N–H and O–H groups in total. The summed E-state index contributed by atoms with van der Waals surface area (Å²) in [6.45, 7) is 16.4. The molecule has 1 fully saturated rings. The third-order valence-corrected chi connectivity index (χ3v) is 7.19. The Morgan fingerprint density at radius 2 is 1.63 bits per heavy atom. The van der Waals surface area contributed by atoms with Crippen LogP contribution in [0.5, 0.6) is 0 Å². The van der Waals surface area contributed by atoms with Crippen LogP contribution in [0.25, 0.3) is 0 Å². The number of aliphatic imine (C=N–C) groups is 1. The van der Waals surface area contributed by atoms with Gasteiger partial charge in [0.05, 0.1) is 5.54 Å². The van der Waals surface area contributed by atoms with Crippen molar-refractivity contribution < 1.29 is 0 Å². The molecule has 0 aliphatic carbocycles. The van der Waals surface area contributed by atoms with Crippen LogP contribution in [0.3, 0.4) is 0 Å². The topological polar surface area (TPSA) is 18.8 Å². The first-order valence-electron chi connectivity index (χ1n) is 7.70. The van der Waals surface area contributed by atoms with E-state index in [2.05, 4.69) is 51.1 Å². The molecular formula is C15H30N3P. The summed E-state index contributed by atoms with van der Waals surface area (Å²) in [5, 5.41) is 0. The summed E-state index contributed by atoms with van der Waals surface area (Å²) < 4.78 is 2.69. The zero-order chi connectivity index (χ0) is 14.3. The second-order valence-corrected chi connectivity index (χ2v) is 9.65. The summed E-state index contributed by atoms with van der Waals surface area (Å²) >= 11 is 0. The minimum absolute atomic E-state index is 0.0865. The number of guanidine groups is 1. The molecule has 1 saturated heterocycles. The standard InChI is InChI=1S/C15H30N3P/c1-7-19(8-2)18-13-16-14(3,4)9-11-17(13)12-10-15(18,5)6/h7-12H2,1-6H3. The summed E-state index contributed by atoms with van der Waals surface area (Å²) in [4.78, 5) is 7.64. The normalized spacial score (nSPS) is 25.3. The molecule has 0 aromatic carbocycles. The van der Waals surface area contributed by atoms with Gasteiger partial charge in [-0.1, -0.05) is 13.8 Å². The maximum atomic E-state index is 5.11. The molecule has 0 bridgehead atoms. The Morgan fingerprint density at radius 3 is 2.21 bits per heavy atom. The van der Waals surface area contributed by atoms with Crippen LogP contribution in [0.4, 0.5) is 0 Å². The summed E-state index contributed by atoms with van der Waals surface area (Å²) in [7, 11) is -0.0865. The lowest BCUT2D eigenvalue weighted by Gasteiger charge is -2.54. The average molecular weight is 283 g/mol. The van der Waals surface area contributed by atoms with Gasteiger partial charge in [0.2, 0.25) is 5.96 Å². The number of hydrogen-bond donors (Lipinski definition) is 0. The van der Waals surface area contributed by atoms with Crippen LogP contribution < -0.4 is 0 Å². The fraction of sp³-hybridized carbons (Fsp3) is 0.933. The highest BCUT2D eigenvalue weighted by Crippen LogP contribution is 2.49. The van der Waals surface area contributed by atoms with Crippen molar-refractivity contribution in [1.29, 1.82) is 0 Å². The summed E-state index contributed by atoms with van der Waals surface area (Å²) in [6, 6.07) is 0. The fourth-order valence-corrected chi connectivity index (χ4v) is 5.40. The molecule has 2 aliphatic heterocycles. The smallest absolute Gasteiger partial charge is 0.200 e. The van der Waals surface area contributed by atoms with Gasteiger partial charge in [-0.3, -0.25) is 0 Å². The van der Waals surface area contributed by atoms with Crippen molar-refractivity contribution in [1.82, 2.24) is 9.57 Å². The second kappa shape index (κ2) is 5.24. The molecule has 0 saturated carbocycles. The Morgan fingerprint density at radius 1 is 1.05 bits per heavy atom. The highest BCUT2D eigenvalue weighted by atomic mass is 31.1. The highest BCUT2D eigenvalue weighted by molar-refractivity contribution is 7.55. The molecule has 0 amide bonds. The largest absolute Gasteiger partial charge is 0.342 e. The van der Waals surface area contributed by atoms with Crippen molar-refractivity contribution in [2.75, 3.05) is 25.4 Å². The predicted octanol–water partition coefficient (Wildman–Crippen LogP) is 3.75. The molecule has 0 radical (unpaired) electrons. The van der Waals surface area contributed by atoms with Crippen LogP contribution >= 0.6 is 8.07 Å². The monoisotopic (exact) mass is 283 g/mol. The van der Waals surface area contributed by atoms with Crippen molar-refractivity contribution in [2.45, 2.75) is 65.5 Å². The lowest BCUT2D eigenvalue weighted by Crippen LogP contribution is -2.60. The Bertz CT molecular complexity index is 358.